The van der Waals surface area contributed by atoms with E-state index in [9.17, 15) is 19.2 Å². The first kappa shape index (κ1) is 15.2. The summed E-state index contributed by atoms with van der Waals surface area (Å²) in [5, 5.41) is 1.97. The molecule has 122 valence electrons. The predicted octanol–water partition coefficient (Wildman–Crippen LogP) is -1.92. The van der Waals surface area contributed by atoms with Crippen LogP contribution < -0.4 is 16.6 Å². The van der Waals surface area contributed by atoms with Crippen molar-refractivity contribution in [2.45, 2.75) is 0 Å². The van der Waals surface area contributed by atoms with Crippen LogP contribution in [0.5, 0.6) is 0 Å². The minimum Gasteiger partial charge on any atom is -0.339 e. The minimum absolute atomic E-state index is 0.0961. The number of imide groups is 1. The molecule has 2 aromatic rings. The number of aromatic nitrogens is 4. The van der Waals surface area contributed by atoms with Gasteiger partial charge in [0, 0.05) is 14.1 Å². The summed E-state index contributed by atoms with van der Waals surface area (Å²) < 4.78 is 2.37. The third kappa shape index (κ3) is 2.35. The summed E-state index contributed by atoms with van der Waals surface area (Å²) >= 11 is 0. The molecular formula is C12H10N8O4. The average molecular weight is 330 g/mol. The molecular weight excluding hydrogens is 320 g/mol. The van der Waals surface area contributed by atoms with E-state index < -0.39 is 11.9 Å². The number of aryl methyl sites for hydroxylation is 1. The second-order valence-electron chi connectivity index (χ2n) is 4.72. The normalized spacial score (nSPS) is 15.4. The molecule has 0 fully saturated rings. The molecule has 24 heavy (non-hydrogen) atoms. The Hall–Kier alpha value is -3.70. The third-order valence-corrected chi connectivity index (χ3v) is 3.25. The van der Waals surface area contributed by atoms with Gasteiger partial charge in [0.05, 0.1) is 6.33 Å². The lowest BCUT2D eigenvalue weighted by Gasteiger charge is -2.05. The van der Waals surface area contributed by atoms with E-state index in [1.807, 2.05) is 5.32 Å². The molecule has 2 aromatic heterocycles. The Morgan fingerprint density at radius 2 is 1.83 bits per heavy atom. The molecule has 0 aromatic carbocycles. The first-order valence-corrected chi connectivity index (χ1v) is 6.54. The van der Waals surface area contributed by atoms with Crippen LogP contribution in [0.2, 0.25) is 0 Å². The maximum absolute atomic E-state index is 11.4. The van der Waals surface area contributed by atoms with Crippen molar-refractivity contribution < 1.29 is 9.59 Å². The van der Waals surface area contributed by atoms with E-state index in [1.165, 1.54) is 24.3 Å². The highest BCUT2D eigenvalue weighted by Gasteiger charge is 2.27. The van der Waals surface area contributed by atoms with Crippen molar-refractivity contribution in [3.63, 3.8) is 0 Å². The van der Waals surface area contributed by atoms with E-state index in [1.54, 1.807) is 7.05 Å². The van der Waals surface area contributed by atoms with Gasteiger partial charge in [-0.3, -0.25) is 24.0 Å². The molecule has 3 amide bonds. The summed E-state index contributed by atoms with van der Waals surface area (Å²) in [4.78, 5) is 61.4. The van der Waals surface area contributed by atoms with Gasteiger partial charge >= 0.3 is 11.7 Å². The number of amides is 3. The Morgan fingerprint density at radius 3 is 2.58 bits per heavy atom. The lowest BCUT2D eigenvalue weighted by molar-refractivity contribution is -0.113. The van der Waals surface area contributed by atoms with Crippen LogP contribution in [0.4, 0.5) is 4.79 Å². The Morgan fingerprint density at radius 1 is 1.08 bits per heavy atom. The number of carbonyl (C=O) groups is 2. The number of hydrogen-bond acceptors (Lipinski definition) is 7. The van der Waals surface area contributed by atoms with Gasteiger partial charge < -0.3 is 4.98 Å². The number of fused-ring (bicyclic) bond motifs is 2. The van der Waals surface area contributed by atoms with E-state index in [0.717, 1.165) is 4.57 Å². The van der Waals surface area contributed by atoms with Crippen molar-refractivity contribution in [2.24, 2.45) is 29.1 Å². The topological polar surface area (TPSA) is 156 Å². The Bertz CT molecular complexity index is 1080. The van der Waals surface area contributed by atoms with Gasteiger partial charge in [-0.15, -0.1) is 0 Å². The van der Waals surface area contributed by atoms with Crippen LogP contribution in [0.3, 0.4) is 0 Å². The summed E-state index contributed by atoms with van der Waals surface area (Å²) in [6.45, 7) is 0. The van der Waals surface area contributed by atoms with E-state index in [-0.39, 0.29) is 22.8 Å². The van der Waals surface area contributed by atoms with Gasteiger partial charge in [0.15, 0.2) is 17.2 Å². The molecule has 2 aliphatic rings. The highest BCUT2D eigenvalue weighted by Crippen LogP contribution is 2.00. The number of nitrogens with zero attached hydrogens (tertiary/aromatic N) is 6. The van der Waals surface area contributed by atoms with Gasteiger partial charge in [0.25, 0.3) is 11.5 Å². The highest BCUT2D eigenvalue weighted by molar-refractivity contribution is 6.71. The second kappa shape index (κ2) is 5.49. The third-order valence-electron chi connectivity index (χ3n) is 3.25. The molecule has 0 spiro atoms. The Balaban J connectivity index is 0.000000143. The first-order chi connectivity index (χ1) is 11.4. The smallest absolute Gasteiger partial charge is 0.339 e. The summed E-state index contributed by atoms with van der Waals surface area (Å²) in [7, 11) is 3.01. The van der Waals surface area contributed by atoms with Crippen LogP contribution in [0.25, 0.3) is 11.2 Å². The summed E-state index contributed by atoms with van der Waals surface area (Å²) in [6, 6.07) is -0.692. The molecule has 12 heteroatoms. The Kier molecular flexibility index (Phi) is 3.48. The average Bonchev–Trinajstić information content (AvgIpc) is 3.20. The Labute approximate surface area is 132 Å². The van der Waals surface area contributed by atoms with Crippen LogP contribution in [-0.4, -0.2) is 48.9 Å². The van der Waals surface area contributed by atoms with Gasteiger partial charge in [-0.1, -0.05) is 0 Å². The number of rotatable bonds is 0. The van der Waals surface area contributed by atoms with Crippen LogP contribution in [0, 0.1) is 0 Å². The van der Waals surface area contributed by atoms with Crippen LogP contribution in [-0.2, 0) is 18.9 Å². The second-order valence-corrected chi connectivity index (χ2v) is 4.72. The molecule has 2 N–H and O–H groups in total. The van der Waals surface area contributed by atoms with Crippen LogP contribution in [0.15, 0.2) is 30.9 Å². The standard InChI is InChI=1S/C7H8N4O2.C5H2N4O2/c1-10-5-4(8-3-9-5)6(12)11(2)7(10)13;10-4-2-3(7-1-6-2)8-5(11)9-4/h3H,1-2H3,(H,8,9);1H,(H,9,10,11). The van der Waals surface area contributed by atoms with Gasteiger partial charge in [-0.2, -0.15) is 4.99 Å². The number of nitrogens with one attached hydrogen (secondary N) is 2. The summed E-state index contributed by atoms with van der Waals surface area (Å²) in [6.07, 6.45) is 2.58. The number of amidine groups is 1. The SMILES string of the molecule is Cn1c(=O)c2[nH]cnc2n(C)c1=O.O=C1N=C2N=CN=C2C(=O)N1. The minimum atomic E-state index is -0.692. The van der Waals surface area contributed by atoms with E-state index in [2.05, 4.69) is 24.9 Å². The maximum Gasteiger partial charge on any atom is 0.350 e. The maximum atomic E-state index is 11.4. The molecule has 0 aliphatic carbocycles. The van der Waals surface area contributed by atoms with E-state index in [0.29, 0.717) is 11.2 Å². The largest absolute Gasteiger partial charge is 0.350 e. The van der Waals surface area contributed by atoms with E-state index >= 15 is 0 Å². The summed E-state index contributed by atoms with van der Waals surface area (Å²) in [5.41, 5.74) is 0.113. The molecule has 0 radical (unpaired) electrons. The quantitative estimate of drug-likeness (QED) is 0.575. The number of hydrogen-bond donors (Lipinski definition) is 2. The molecule has 12 nitrogen and oxygen atoms in total. The van der Waals surface area contributed by atoms with Crippen molar-refractivity contribution >= 4 is 41.0 Å². The van der Waals surface area contributed by atoms with Gasteiger partial charge in [-0.25, -0.2) is 24.6 Å². The number of imidazole rings is 1. The number of urea groups is 1. The van der Waals surface area contributed by atoms with Crippen LogP contribution in [0.1, 0.15) is 0 Å². The lowest BCUT2D eigenvalue weighted by Crippen LogP contribution is -2.41. The van der Waals surface area contributed by atoms with Crippen molar-refractivity contribution in [1.82, 2.24) is 24.4 Å². The molecule has 0 bridgehead atoms. The molecule has 4 heterocycles. The molecule has 0 saturated heterocycles. The molecule has 0 atom stereocenters. The fourth-order valence-electron chi connectivity index (χ4n) is 2.05. The zero-order valence-corrected chi connectivity index (χ0v) is 12.5. The van der Waals surface area contributed by atoms with Crippen LogP contribution >= 0.6 is 0 Å². The fraction of sp³-hybridized carbons (Fsp3) is 0.167. The van der Waals surface area contributed by atoms with Gasteiger partial charge in [0.1, 0.15) is 11.9 Å². The van der Waals surface area contributed by atoms with Crippen molar-refractivity contribution in [3.8, 4) is 0 Å². The number of carbonyl (C=O) groups excluding carboxylic acids is 2. The van der Waals surface area contributed by atoms with Crippen molar-refractivity contribution in [3.05, 3.63) is 27.2 Å². The van der Waals surface area contributed by atoms with Gasteiger partial charge in [-0.05, 0) is 0 Å². The van der Waals surface area contributed by atoms with Gasteiger partial charge in [0.2, 0.25) is 0 Å². The predicted molar refractivity (Wildman–Crippen MR) is 83.5 cm³/mol. The summed E-state index contributed by atoms with van der Waals surface area (Å²) in [5.74, 6) is -0.448. The number of aromatic amines is 1. The molecule has 2 aliphatic heterocycles. The molecule has 4 rings (SSSR count). The molecule has 0 saturated carbocycles. The molecule has 0 unspecified atom stereocenters. The monoisotopic (exact) mass is 330 g/mol. The first-order valence-electron chi connectivity index (χ1n) is 6.54. The fourth-order valence-corrected chi connectivity index (χ4v) is 2.05. The number of aliphatic imine (C=N–C) groups is 3. The van der Waals surface area contributed by atoms with E-state index in [4.69, 9.17) is 0 Å². The lowest BCUT2D eigenvalue weighted by atomic mass is 10.3. The zero-order valence-electron chi connectivity index (χ0n) is 12.5. The number of H-pyrrole nitrogens is 1. The zero-order chi connectivity index (χ0) is 17.4. The van der Waals surface area contributed by atoms with Crippen molar-refractivity contribution in [1.29, 1.82) is 0 Å². The highest BCUT2D eigenvalue weighted by atomic mass is 16.2. The van der Waals surface area contributed by atoms with Crippen molar-refractivity contribution in [2.75, 3.05) is 0 Å².